The van der Waals surface area contributed by atoms with Crippen LogP contribution in [0.4, 0.5) is 0 Å². The van der Waals surface area contributed by atoms with Crippen LogP contribution >= 0.6 is 0 Å². The van der Waals surface area contributed by atoms with Gasteiger partial charge in [0, 0.05) is 30.5 Å². The maximum Gasteiger partial charge on any atom is 0.343 e. The predicted octanol–water partition coefficient (Wildman–Crippen LogP) is 8.00. The monoisotopic (exact) mass is 617 g/mol. The average molecular weight is 618 g/mol. The second-order valence-corrected chi connectivity index (χ2v) is 14.6. The maximum atomic E-state index is 12.5. The summed E-state index contributed by atoms with van der Waals surface area (Å²) < 4.78 is 18.0. The van der Waals surface area contributed by atoms with Crippen molar-refractivity contribution in [2.75, 3.05) is 13.7 Å². The van der Waals surface area contributed by atoms with Crippen molar-refractivity contribution in [2.45, 2.75) is 129 Å². The SMILES string of the molecule is CCCCCc1cccc(C[C@H]2C[C@@H]3[C@H]4C(=CCCN3[C@H]([C@@H](O)CC3CCCCC3)C2)OC(=C2OC(=O)C(C)=C2OC)[C@H]4C)c1. The van der Waals surface area contributed by atoms with Gasteiger partial charge in [-0.1, -0.05) is 83.1 Å². The maximum absolute atomic E-state index is 12.5. The van der Waals surface area contributed by atoms with E-state index in [4.69, 9.17) is 14.2 Å². The lowest BCUT2D eigenvalue weighted by atomic mass is 9.73. The number of benzene rings is 1. The fourth-order valence-electron chi connectivity index (χ4n) is 9.16. The van der Waals surface area contributed by atoms with Crippen LogP contribution in [0.3, 0.4) is 0 Å². The summed E-state index contributed by atoms with van der Waals surface area (Å²) in [6.07, 6.45) is 18.2. The van der Waals surface area contributed by atoms with E-state index < -0.39 is 0 Å². The number of esters is 1. The van der Waals surface area contributed by atoms with Crippen LogP contribution in [0, 0.1) is 23.7 Å². The third-order valence-electron chi connectivity index (χ3n) is 11.5. The van der Waals surface area contributed by atoms with Crippen molar-refractivity contribution in [2.24, 2.45) is 23.7 Å². The van der Waals surface area contributed by atoms with Crippen molar-refractivity contribution in [3.05, 3.63) is 70.1 Å². The highest BCUT2D eigenvalue weighted by molar-refractivity contribution is 5.93. The zero-order valence-corrected chi connectivity index (χ0v) is 28.1. The first-order valence-electron chi connectivity index (χ1n) is 18.0. The molecule has 0 radical (unpaired) electrons. The Morgan fingerprint density at radius 1 is 1.07 bits per heavy atom. The number of aliphatic hydroxyl groups is 1. The van der Waals surface area contributed by atoms with Crippen molar-refractivity contribution >= 4 is 5.97 Å². The normalized spacial score (nSPS) is 31.5. The number of ether oxygens (including phenoxy) is 3. The van der Waals surface area contributed by atoms with E-state index >= 15 is 0 Å². The molecule has 5 aliphatic rings. The third kappa shape index (κ3) is 6.93. The summed E-state index contributed by atoms with van der Waals surface area (Å²) in [5.41, 5.74) is 3.36. The van der Waals surface area contributed by atoms with Crippen molar-refractivity contribution < 1.29 is 24.1 Å². The van der Waals surface area contributed by atoms with Crippen molar-refractivity contribution in [1.29, 1.82) is 0 Å². The Bertz CT molecular complexity index is 1310. The van der Waals surface area contributed by atoms with E-state index in [9.17, 15) is 9.90 Å². The minimum absolute atomic E-state index is 0.0254. The molecule has 1 aromatic rings. The molecule has 0 bridgehead atoms. The smallest absolute Gasteiger partial charge is 0.343 e. The number of carbonyl (C=O) groups is 1. The predicted molar refractivity (Wildman–Crippen MR) is 177 cm³/mol. The van der Waals surface area contributed by atoms with Gasteiger partial charge in [0.05, 0.1) is 18.8 Å². The number of allylic oxidation sites excluding steroid dienone is 1. The van der Waals surface area contributed by atoms with Gasteiger partial charge in [0.2, 0.25) is 5.76 Å². The quantitative estimate of drug-likeness (QED) is 0.212. The zero-order chi connectivity index (χ0) is 31.5. The molecule has 246 valence electrons. The van der Waals surface area contributed by atoms with Crippen LogP contribution < -0.4 is 0 Å². The number of carbonyl (C=O) groups excluding carboxylic acids is 1. The van der Waals surface area contributed by atoms with Crippen molar-refractivity contribution in [3.8, 4) is 0 Å². The average Bonchev–Trinajstić information content (AvgIpc) is 3.43. The molecule has 45 heavy (non-hydrogen) atoms. The Labute approximate surface area is 270 Å². The van der Waals surface area contributed by atoms with Gasteiger partial charge in [0.25, 0.3) is 0 Å². The van der Waals surface area contributed by atoms with Gasteiger partial charge in [-0.15, -0.1) is 0 Å². The van der Waals surface area contributed by atoms with Crippen molar-refractivity contribution in [3.63, 3.8) is 0 Å². The summed E-state index contributed by atoms with van der Waals surface area (Å²) in [5, 5.41) is 12.0. The second-order valence-electron chi connectivity index (χ2n) is 14.6. The molecule has 4 heterocycles. The lowest BCUT2D eigenvalue weighted by Gasteiger charge is -2.49. The fraction of sp³-hybridized carbons (Fsp3) is 0.667. The molecule has 0 spiro atoms. The van der Waals surface area contributed by atoms with Crippen molar-refractivity contribution in [1.82, 2.24) is 4.90 Å². The van der Waals surface area contributed by atoms with Gasteiger partial charge >= 0.3 is 5.97 Å². The van der Waals surface area contributed by atoms with Gasteiger partial charge in [0.15, 0.2) is 11.5 Å². The molecule has 4 aliphatic heterocycles. The first kappa shape index (κ1) is 32.4. The zero-order valence-electron chi connectivity index (χ0n) is 28.1. The van der Waals surface area contributed by atoms with E-state index in [0.29, 0.717) is 34.7 Å². The van der Waals surface area contributed by atoms with Gasteiger partial charge in [-0.2, -0.15) is 0 Å². The summed E-state index contributed by atoms with van der Waals surface area (Å²) in [4.78, 5) is 15.2. The van der Waals surface area contributed by atoms with E-state index in [1.807, 2.05) is 0 Å². The highest BCUT2D eigenvalue weighted by atomic mass is 16.6. The number of cyclic esters (lactones) is 1. The number of aliphatic hydroxyl groups excluding tert-OH is 1. The van der Waals surface area contributed by atoms with E-state index in [0.717, 1.165) is 50.8 Å². The van der Waals surface area contributed by atoms with Crippen LogP contribution in [0.5, 0.6) is 0 Å². The number of aryl methyl sites for hydroxylation is 1. The Hall–Kier alpha value is -2.57. The highest BCUT2D eigenvalue weighted by Gasteiger charge is 2.51. The van der Waals surface area contributed by atoms with Gasteiger partial charge in [-0.25, -0.2) is 4.79 Å². The summed E-state index contributed by atoms with van der Waals surface area (Å²) in [7, 11) is 1.59. The molecule has 6 atom stereocenters. The highest BCUT2D eigenvalue weighted by Crippen LogP contribution is 2.50. The number of rotatable bonds is 10. The van der Waals surface area contributed by atoms with Crippen LogP contribution in [0.25, 0.3) is 0 Å². The Morgan fingerprint density at radius 2 is 1.87 bits per heavy atom. The first-order chi connectivity index (χ1) is 21.9. The number of nitrogens with zero attached hydrogens (tertiary/aromatic N) is 1. The molecule has 0 unspecified atom stereocenters. The Balaban J connectivity index is 1.29. The molecule has 6 heteroatoms. The largest absolute Gasteiger partial charge is 0.492 e. The van der Waals surface area contributed by atoms with Crippen LogP contribution in [0.2, 0.25) is 0 Å². The Kier molecular flexibility index (Phi) is 10.4. The fourth-order valence-corrected chi connectivity index (χ4v) is 9.16. The molecule has 0 aromatic heterocycles. The number of hydrogen-bond acceptors (Lipinski definition) is 6. The van der Waals surface area contributed by atoms with Gasteiger partial charge in [-0.3, -0.25) is 4.90 Å². The van der Waals surface area contributed by atoms with Crippen LogP contribution in [0.15, 0.2) is 59.0 Å². The molecule has 1 N–H and O–H groups in total. The molecule has 3 fully saturated rings. The summed E-state index contributed by atoms with van der Waals surface area (Å²) in [6, 6.07) is 9.66. The standard InChI is InChI=1S/C39H55NO5/c1-5-6-8-13-27-16-11-17-29(20-27)21-30-22-31(33(41)24-28-14-9-7-10-15-28)40-19-12-18-34-35(32(40)23-30)25(2)37(44-34)38-36(43-4)26(3)39(42)45-38/h11,16-18,20,25,28,30-33,35,41H,5-10,12-15,19,21-24H2,1-4H3/t25-,30+,31-,32+,33-,35-/m0/s1. The number of piperidine rings is 1. The number of fused-ring (bicyclic) bond motifs is 3. The summed E-state index contributed by atoms with van der Waals surface area (Å²) >= 11 is 0. The minimum Gasteiger partial charge on any atom is -0.492 e. The second kappa shape index (κ2) is 14.5. The van der Waals surface area contributed by atoms with Crippen LogP contribution in [-0.2, 0) is 31.8 Å². The van der Waals surface area contributed by atoms with E-state index in [1.165, 1.54) is 62.5 Å². The van der Waals surface area contributed by atoms with E-state index in [2.05, 4.69) is 49.1 Å². The molecule has 2 saturated heterocycles. The first-order valence-corrected chi connectivity index (χ1v) is 18.0. The third-order valence-corrected chi connectivity index (χ3v) is 11.5. The van der Waals surface area contributed by atoms with E-state index in [-0.39, 0.29) is 36.0 Å². The molecular weight excluding hydrogens is 562 g/mol. The van der Waals surface area contributed by atoms with Crippen LogP contribution in [-0.4, -0.2) is 47.8 Å². The molecule has 0 amide bonds. The number of hydrogen-bond donors (Lipinski definition) is 1. The number of unbranched alkanes of at least 4 members (excludes halogenated alkanes) is 2. The summed E-state index contributed by atoms with van der Waals surface area (Å²) in [6.45, 7) is 7.16. The topological polar surface area (TPSA) is 68.2 Å². The number of methoxy groups -OCH3 is 1. The lowest BCUT2D eigenvalue weighted by Crippen LogP contribution is -2.57. The lowest BCUT2D eigenvalue weighted by molar-refractivity contribution is -0.133. The molecule has 1 saturated carbocycles. The van der Waals surface area contributed by atoms with Crippen LogP contribution in [0.1, 0.15) is 109 Å². The molecule has 6 nitrogen and oxygen atoms in total. The van der Waals surface area contributed by atoms with Gasteiger partial charge < -0.3 is 19.3 Å². The molecular formula is C39H55NO5. The summed E-state index contributed by atoms with van der Waals surface area (Å²) in [5.74, 6) is 3.53. The van der Waals surface area contributed by atoms with E-state index in [1.54, 1.807) is 14.0 Å². The Morgan fingerprint density at radius 3 is 2.64 bits per heavy atom. The van der Waals surface area contributed by atoms with Gasteiger partial charge in [-0.05, 0) is 80.9 Å². The minimum atomic E-state index is -0.367. The molecule has 1 aromatic carbocycles. The molecule has 6 rings (SSSR count). The van der Waals surface area contributed by atoms with Gasteiger partial charge in [0.1, 0.15) is 5.76 Å². The molecule has 1 aliphatic carbocycles.